The van der Waals surface area contributed by atoms with Crippen LogP contribution in [0.1, 0.15) is 31.4 Å². The minimum Gasteiger partial charge on any atom is -0.481 e. The van der Waals surface area contributed by atoms with Crippen molar-refractivity contribution in [3.63, 3.8) is 0 Å². The molecule has 1 aromatic carbocycles. The molecule has 2 atom stereocenters. The Bertz CT molecular complexity index is 388. The number of aliphatic carboxylic acids is 1. The molecule has 0 saturated carbocycles. The maximum atomic E-state index is 13.1. The molecule has 0 aliphatic rings. The third kappa shape index (κ3) is 3.68. The van der Waals surface area contributed by atoms with Crippen molar-refractivity contribution < 1.29 is 19.4 Å². The number of aliphatic hydroxyl groups excluding tert-OH is 1. The minimum atomic E-state index is -1.25. The number of benzene rings is 1. The van der Waals surface area contributed by atoms with Crippen LogP contribution >= 0.6 is 11.6 Å². The second-order valence-corrected chi connectivity index (χ2v) is 4.32. The van der Waals surface area contributed by atoms with E-state index in [4.69, 9.17) is 16.7 Å². The number of carboxylic acids is 1. The van der Waals surface area contributed by atoms with Crippen molar-refractivity contribution in [3.05, 3.63) is 34.6 Å². The SMILES string of the molecule is CCCC(C(=O)O)C(O)c1cc(F)cc(Cl)c1. The van der Waals surface area contributed by atoms with Gasteiger partial charge in [0.2, 0.25) is 0 Å². The first-order chi connectivity index (χ1) is 7.95. The van der Waals surface area contributed by atoms with Gasteiger partial charge in [0.1, 0.15) is 5.82 Å². The summed E-state index contributed by atoms with van der Waals surface area (Å²) in [5.74, 6) is -2.63. The first kappa shape index (κ1) is 13.9. The van der Waals surface area contributed by atoms with Gasteiger partial charge in [0.25, 0.3) is 0 Å². The highest BCUT2D eigenvalue weighted by Crippen LogP contribution is 2.28. The zero-order valence-corrected chi connectivity index (χ0v) is 10.1. The Kier molecular flexibility index (Phi) is 4.90. The highest BCUT2D eigenvalue weighted by Gasteiger charge is 2.27. The van der Waals surface area contributed by atoms with Crippen molar-refractivity contribution in [3.8, 4) is 0 Å². The Balaban J connectivity index is 3.00. The summed E-state index contributed by atoms with van der Waals surface area (Å²) in [6.45, 7) is 1.82. The van der Waals surface area contributed by atoms with Crippen LogP contribution in [0.5, 0.6) is 0 Å². The molecule has 1 rings (SSSR count). The number of rotatable bonds is 5. The van der Waals surface area contributed by atoms with Crippen LogP contribution in [0.2, 0.25) is 5.02 Å². The molecule has 0 aromatic heterocycles. The smallest absolute Gasteiger partial charge is 0.309 e. The molecule has 0 radical (unpaired) electrons. The van der Waals surface area contributed by atoms with Crippen molar-refractivity contribution in [2.75, 3.05) is 0 Å². The third-order valence-corrected chi connectivity index (χ3v) is 2.74. The van der Waals surface area contributed by atoms with Gasteiger partial charge in [0, 0.05) is 5.02 Å². The lowest BCUT2D eigenvalue weighted by molar-refractivity contribution is -0.146. The summed E-state index contributed by atoms with van der Waals surface area (Å²) in [4.78, 5) is 11.0. The molecule has 0 fully saturated rings. The average Bonchev–Trinajstić information content (AvgIpc) is 2.23. The molecular weight excluding hydrogens is 247 g/mol. The van der Waals surface area contributed by atoms with Gasteiger partial charge in [0.05, 0.1) is 12.0 Å². The van der Waals surface area contributed by atoms with E-state index in [2.05, 4.69) is 0 Å². The van der Waals surface area contributed by atoms with Crippen molar-refractivity contribution in [1.82, 2.24) is 0 Å². The summed E-state index contributed by atoms with van der Waals surface area (Å²) >= 11 is 5.66. The highest BCUT2D eigenvalue weighted by atomic mass is 35.5. The zero-order valence-electron chi connectivity index (χ0n) is 9.36. The number of carbonyl (C=O) groups is 1. The van der Waals surface area contributed by atoms with Gasteiger partial charge >= 0.3 is 5.97 Å². The molecule has 94 valence electrons. The van der Waals surface area contributed by atoms with Gasteiger partial charge in [0.15, 0.2) is 0 Å². The number of hydrogen-bond donors (Lipinski definition) is 2. The van der Waals surface area contributed by atoms with E-state index in [-0.39, 0.29) is 10.6 Å². The van der Waals surface area contributed by atoms with Crippen LogP contribution in [0.4, 0.5) is 4.39 Å². The van der Waals surface area contributed by atoms with E-state index in [1.807, 2.05) is 6.92 Å². The summed E-state index contributed by atoms with van der Waals surface area (Å²) in [6, 6.07) is 3.58. The molecule has 0 bridgehead atoms. The lowest BCUT2D eigenvalue weighted by Crippen LogP contribution is -2.22. The van der Waals surface area contributed by atoms with E-state index in [9.17, 15) is 14.3 Å². The van der Waals surface area contributed by atoms with Gasteiger partial charge in [-0.15, -0.1) is 0 Å². The van der Waals surface area contributed by atoms with E-state index in [1.165, 1.54) is 6.07 Å². The summed E-state index contributed by atoms with van der Waals surface area (Å²) in [5, 5.41) is 19.1. The Morgan fingerprint density at radius 2 is 2.12 bits per heavy atom. The van der Waals surface area contributed by atoms with Gasteiger partial charge < -0.3 is 10.2 Å². The second kappa shape index (κ2) is 5.98. The van der Waals surface area contributed by atoms with Gasteiger partial charge in [-0.05, 0) is 30.2 Å². The quantitative estimate of drug-likeness (QED) is 0.856. The molecule has 5 heteroatoms. The fraction of sp³-hybridized carbons (Fsp3) is 0.417. The second-order valence-electron chi connectivity index (χ2n) is 3.88. The summed E-state index contributed by atoms with van der Waals surface area (Å²) in [5.41, 5.74) is 0.191. The van der Waals surface area contributed by atoms with Crippen molar-refractivity contribution in [1.29, 1.82) is 0 Å². The molecule has 0 amide bonds. The van der Waals surface area contributed by atoms with E-state index in [0.717, 1.165) is 12.1 Å². The fourth-order valence-electron chi connectivity index (χ4n) is 1.71. The molecule has 2 unspecified atom stereocenters. The first-order valence-corrected chi connectivity index (χ1v) is 5.70. The predicted octanol–water partition coefficient (Wildman–Crippen LogP) is 3.01. The van der Waals surface area contributed by atoms with Gasteiger partial charge in [-0.3, -0.25) is 4.79 Å². The number of aliphatic hydroxyl groups is 1. The van der Waals surface area contributed by atoms with Crippen LogP contribution in [-0.4, -0.2) is 16.2 Å². The Hall–Kier alpha value is -1.13. The topological polar surface area (TPSA) is 57.5 Å². The fourth-order valence-corrected chi connectivity index (χ4v) is 1.94. The highest BCUT2D eigenvalue weighted by molar-refractivity contribution is 6.30. The van der Waals surface area contributed by atoms with Crippen molar-refractivity contribution >= 4 is 17.6 Å². The molecule has 1 aromatic rings. The minimum absolute atomic E-state index is 0.139. The largest absolute Gasteiger partial charge is 0.481 e. The van der Waals surface area contributed by atoms with Gasteiger partial charge in [-0.2, -0.15) is 0 Å². The summed E-state index contributed by atoms with van der Waals surface area (Å²) in [7, 11) is 0. The molecule has 0 aliphatic heterocycles. The van der Waals surface area contributed by atoms with Crippen LogP contribution in [0.15, 0.2) is 18.2 Å². The van der Waals surface area contributed by atoms with Crippen LogP contribution < -0.4 is 0 Å². The van der Waals surface area contributed by atoms with Crippen LogP contribution in [0.3, 0.4) is 0 Å². The lowest BCUT2D eigenvalue weighted by atomic mass is 9.92. The van der Waals surface area contributed by atoms with E-state index in [1.54, 1.807) is 0 Å². The van der Waals surface area contributed by atoms with Crippen LogP contribution in [0, 0.1) is 11.7 Å². The zero-order chi connectivity index (χ0) is 13.0. The molecule has 0 saturated heterocycles. The normalized spacial score (nSPS) is 14.4. The van der Waals surface area contributed by atoms with Crippen LogP contribution in [0.25, 0.3) is 0 Å². The number of carboxylic acid groups (broad SMARTS) is 1. The van der Waals surface area contributed by atoms with E-state index in [0.29, 0.717) is 12.8 Å². The Morgan fingerprint density at radius 1 is 1.47 bits per heavy atom. The molecule has 0 heterocycles. The average molecular weight is 261 g/mol. The Labute approximate surface area is 104 Å². The van der Waals surface area contributed by atoms with E-state index >= 15 is 0 Å². The maximum absolute atomic E-state index is 13.1. The Morgan fingerprint density at radius 3 is 2.59 bits per heavy atom. The molecule has 17 heavy (non-hydrogen) atoms. The predicted molar refractivity (Wildman–Crippen MR) is 62.4 cm³/mol. The maximum Gasteiger partial charge on any atom is 0.309 e. The monoisotopic (exact) mass is 260 g/mol. The third-order valence-electron chi connectivity index (χ3n) is 2.52. The summed E-state index contributed by atoms with van der Waals surface area (Å²) in [6.07, 6.45) is -0.303. The molecular formula is C12H14ClFO3. The van der Waals surface area contributed by atoms with E-state index < -0.39 is 23.8 Å². The lowest BCUT2D eigenvalue weighted by Gasteiger charge is -2.19. The molecule has 3 nitrogen and oxygen atoms in total. The molecule has 0 spiro atoms. The first-order valence-electron chi connectivity index (χ1n) is 5.32. The molecule has 2 N–H and O–H groups in total. The molecule has 0 aliphatic carbocycles. The van der Waals surface area contributed by atoms with Gasteiger partial charge in [-0.25, -0.2) is 4.39 Å². The standard InChI is InChI=1S/C12H14ClFO3/c1-2-3-10(12(16)17)11(15)7-4-8(13)6-9(14)5-7/h4-6,10-11,15H,2-3H2,1H3,(H,16,17). The van der Waals surface area contributed by atoms with Crippen molar-refractivity contribution in [2.45, 2.75) is 25.9 Å². The summed E-state index contributed by atoms with van der Waals surface area (Å²) < 4.78 is 13.1. The number of halogens is 2. The van der Waals surface area contributed by atoms with Crippen molar-refractivity contribution in [2.24, 2.45) is 5.92 Å². The van der Waals surface area contributed by atoms with Crippen LogP contribution in [-0.2, 0) is 4.79 Å². The van der Waals surface area contributed by atoms with Gasteiger partial charge in [-0.1, -0.05) is 24.9 Å². The number of hydrogen-bond acceptors (Lipinski definition) is 2.